The number of anilines is 1. The van der Waals surface area contributed by atoms with E-state index >= 15 is 0 Å². The zero-order valence-electron chi connectivity index (χ0n) is 16.9. The van der Waals surface area contributed by atoms with Crippen LogP contribution in [0.4, 0.5) is 18.9 Å². The van der Waals surface area contributed by atoms with Crippen LogP contribution in [0.25, 0.3) is 0 Å². The lowest BCUT2D eigenvalue weighted by molar-refractivity contribution is -0.137. The van der Waals surface area contributed by atoms with Crippen molar-refractivity contribution in [2.75, 3.05) is 5.32 Å². The van der Waals surface area contributed by atoms with Gasteiger partial charge in [0.2, 0.25) is 15.9 Å². The van der Waals surface area contributed by atoms with Crippen LogP contribution in [0.1, 0.15) is 22.7 Å². The highest BCUT2D eigenvalue weighted by Crippen LogP contribution is 2.36. The van der Waals surface area contributed by atoms with Crippen molar-refractivity contribution < 1.29 is 26.4 Å². The Balaban J connectivity index is 1.84. The average Bonchev–Trinajstić information content (AvgIpc) is 2.75. The fourth-order valence-electron chi connectivity index (χ4n) is 3.09. The summed E-state index contributed by atoms with van der Waals surface area (Å²) in [6.07, 6.45) is -4.71. The van der Waals surface area contributed by atoms with Gasteiger partial charge in [0.05, 0.1) is 16.1 Å². The lowest BCUT2D eigenvalue weighted by Crippen LogP contribution is -2.33. The molecule has 0 aliphatic carbocycles. The van der Waals surface area contributed by atoms with Gasteiger partial charge in [0.1, 0.15) is 6.04 Å². The fourth-order valence-corrected chi connectivity index (χ4v) is 3.78. The molecule has 0 saturated heterocycles. The van der Waals surface area contributed by atoms with Crippen LogP contribution in [0, 0.1) is 0 Å². The average molecular weight is 498 g/mol. The quantitative estimate of drug-likeness (QED) is 0.448. The number of hydrogen-bond donors (Lipinski definition) is 3. The minimum atomic E-state index is -4.71. The van der Waals surface area contributed by atoms with Crippen molar-refractivity contribution >= 4 is 33.2 Å². The number of carbonyl (C=O) groups excluding carboxylic acids is 1. The molecule has 0 aliphatic heterocycles. The van der Waals surface area contributed by atoms with Gasteiger partial charge in [0, 0.05) is 11.6 Å². The summed E-state index contributed by atoms with van der Waals surface area (Å²) in [5, 5.41) is 10.3. The molecule has 0 aromatic heterocycles. The van der Waals surface area contributed by atoms with Gasteiger partial charge in [-0.1, -0.05) is 54.1 Å². The Morgan fingerprint density at radius 2 is 1.64 bits per heavy atom. The predicted molar refractivity (Wildman–Crippen MR) is 119 cm³/mol. The molecule has 33 heavy (non-hydrogen) atoms. The molecular weight excluding hydrogens is 479 g/mol. The fraction of sp³-hybridized carbons (Fsp3) is 0.136. The summed E-state index contributed by atoms with van der Waals surface area (Å²) in [5.74, 6) is -0.713. The summed E-state index contributed by atoms with van der Waals surface area (Å²) in [5.41, 5.74) is -0.317. The molecule has 0 unspecified atom stereocenters. The van der Waals surface area contributed by atoms with E-state index in [-0.39, 0.29) is 16.5 Å². The van der Waals surface area contributed by atoms with Gasteiger partial charge >= 0.3 is 6.18 Å². The number of halogens is 4. The first kappa shape index (κ1) is 24.7. The first-order chi connectivity index (χ1) is 15.4. The second kappa shape index (κ2) is 9.92. The van der Waals surface area contributed by atoms with Crippen molar-refractivity contribution in [2.45, 2.75) is 23.7 Å². The molecule has 1 amide bonds. The molecule has 0 spiro atoms. The van der Waals surface area contributed by atoms with E-state index in [1.165, 1.54) is 30.3 Å². The Labute approximate surface area is 193 Å². The van der Waals surface area contributed by atoms with Crippen LogP contribution >= 0.6 is 11.6 Å². The number of rotatable bonds is 7. The van der Waals surface area contributed by atoms with Gasteiger partial charge in [-0.2, -0.15) is 13.2 Å². The lowest BCUT2D eigenvalue weighted by atomic mass is 10.0. The van der Waals surface area contributed by atoms with Crippen LogP contribution in [-0.2, 0) is 27.5 Å². The van der Waals surface area contributed by atoms with Crippen molar-refractivity contribution in [2.24, 2.45) is 5.14 Å². The number of hydrogen-bond acceptors (Lipinski definition) is 4. The van der Waals surface area contributed by atoms with Crippen LogP contribution in [0.15, 0.2) is 77.7 Å². The summed E-state index contributed by atoms with van der Waals surface area (Å²) in [4.78, 5) is 13.0. The predicted octanol–water partition coefficient (Wildman–Crippen LogP) is 4.48. The largest absolute Gasteiger partial charge is 0.418 e. The maximum absolute atomic E-state index is 13.4. The van der Waals surface area contributed by atoms with E-state index in [4.69, 9.17) is 16.7 Å². The van der Waals surface area contributed by atoms with Crippen molar-refractivity contribution in [1.29, 1.82) is 0 Å². The summed E-state index contributed by atoms with van der Waals surface area (Å²) in [7, 11) is -3.85. The monoisotopic (exact) mass is 497 g/mol. The number of sulfonamides is 1. The van der Waals surface area contributed by atoms with Crippen LogP contribution in [0.5, 0.6) is 0 Å². The van der Waals surface area contributed by atoms with Gasteiger partial charge in [-0.25, -0.2) is 13.6 Å². The number of alkyl halides is 3. The van der Waals surface area contributed by atoms with Gasteiger partial charge < -0.3 is 5.32 Å². The van der Waals surface area contributed by atoms with Crippen molar-refractivity contribution in [3.63, 3.8) is 0 Å². The van der Waals surface area contributed by atoms with E-state index in [1.54, 1.807) is 30.3 Å². The maximum Gasteiger partial charge on any atom is 0.418 e. The number of nitrogens with two attached hydrogens (primary N) is 1. The topological polar surface area (TPSA) is 101 Å². The molecule has 4 N–H and O–H groups in total. The third-order valence-electron chi connectivity index (χ3n) is 4.70. The van der Waals surface area contributed by atoms with Crippen molar-refractivity contribution in [1.82, 2.24) is 5.32 Å². The van der Waals surface area contributed by atoms with E-state index in [9.17, 15) is 26.4 Å². The number of benzene rings is 3. The molecule has 6 nitrogen and oxygen atoms in total. The molecule has 0 fully saturated rings. The van der Waals surface area contributed by atoms with Gasteiger partial charge in [-0.3, -0.25) is 10.1 Å². The molecule has 0 aliphatic rings. The van der Waals surface area contributed by atoms with Gasteiger partial charge in [0.15, 0.2) is 0 Å². The first-order valence-corrected chi connectivity index (χ1v) is 11.5. The third-order valence-corrected chi connectivity index (χ3v) is 5.87. The van der Waals surface area contributed by atoms with Crippen LogP contribution in [0.2, 0.25) is 5.02 Å². The molecule has 0 bridgehead atoms. The molecule has 3 rings (SSSR count). The van der Waals surface area contributed by atoms with E-state index < -0.39 is 39.4 Å². The Morgan fingerprint density at radius 1 is 1.00 bits per heavy atom. The Morgan fingerprint density at radius 3 is 2.21 bits per heavy atom. The summed E-state index contributed by atoms with van der Waals surface area (Å²) >= 11 is 5.70. The Hall–Kier alpha value is -2.92. The molecule has 11 heteroatoms. The highest BCUT2D eigenvalue weighted by Gasteiger charge is 2.35. The van der Waals surface area contributed by atoms with Crippen LogP contribution < -0.4 is 15.8 Å². The second-order valence-corrected chi connectivity index (χ2v) is 9.09. The van der Waals surface area contributed by atoms with Crippen LogP contribution in [0.3, 0.4) is 0 Å². The van der Waals surface area contributed by atoms with Gasteiger partial charge in [-0.15, -0.1) is 0 Å². The second-order valence-electron chi connectivity index (χ2n) is 7.09. The highest BCUT2D eigenvalue weighted by atomic mass is 35.5. The number of primary sulfonamides is 1. The SMILES string of the molecule is NS(=O)(=O)c1ccc(CN[C@@H](C(=O)Nc2ccc(Cl)cc2C(F)(F)F)c2ccccc2)cc1. The lowest BCUT2D eigenvalue weighted by Gasteiger charge is -2.21. The molecule has 3 aromatic rings. The van der Waals surface area contributed by atoms with E-state index in [0.717, 1.165) is 12.1 Å². The summed E-state index contributed by atoms with van der Waals surface area (Å²) in [6.45, 7) is 0.130. The molecule has 0 saturated carbocycles. The highest BCUT2D eigenvalue weighted by molar-refractivity contribution is 7.89. The zero-order valence-corrected chi connectivity index (χ0v) is 18.5. The summed E-state index contributed by atoms with van der Waals surface area (Å²) < 4.78 is 63.0. The van der Waals surface area contributed by atoms with E-state index in [1.807, 2.05) is 0 Å². The maximum atomic E-state index is 13.4. The summed E-state index contributed by atoms with van der Waals surface area (Å²) in [6, 6.07) is 16.2. The minimum Gasteiger partial charge on any atom is -0.324 e. The zero-order chi connectivity index (χ0) is 24.2. The third kappa shape index (κ3) is 6.55. The van der Waals surface area contributed by atoms with Gasteiger partial charge in [-0.05, 0) is 41.5 Å². The molecule has 0 radical (unpaired) electrons. The van der Waals surface area contributed by atoms with Crippen molar-refractivity contribution in [3.8, 4) is 0 Å². The molecule has 174 valence electrons. The number of nitrogens with one attached hydrogen (secondary N) is 2. The standard InChI is InChI=1S/C22H19ClF3N3O3S/c23-16-8-11-19(18(12-16)22(24,25)26)29-21(30)20(15-4-2-1-3-5-15)28-13-14-6-9-17(10-7-14)33(27,31)32/h1-12,20,28H,13H2,(H,29,30)(H2,27,31,32)/t20-/m1/s1. The smallest absolute Gasteiger partial charge is 0.324 e. The number of carbonyl (C=O) groups is 1. The molecule has 3 aromatic carbocycles. The Bertz CT molecular complexity index is 1240. The molecule has 0 heterocycles. The minimum absolute atomic E-state index is 0.0639. The van der Waals surface area contributed by atoms with Crippen molar-refractivity contribution in [3.05, 3.63) is 94.5 Å². The Kier molecular flexibility index (Phi) is 7.43. The van der Waals surface area contributed by atoms with Crippen LogP contribution in [-0.4, -0.2) is 14.3 Å². The first-order valence-electron chi connectivity index (χ1n) is 9.53. The molecular formula is C22H19ClF3N3O3S. The van der Waals surface area contributed by atoms with Gasteiger partial charge in [0.25, 0.3) is 0 Å². The normalized spacial score (nSPS) is 12.9. The number of amides is 1. The molecule has 1 atom stereocenters. The van der Waals surface area contributed by atoms with E-state index in [2.05, 4.69) is 10.6 Å². The van der Waals surface area contributed by atoms with E-state index in [0.29, 0.717) is 11.1 Å².